The van der Waals surface area contributed by atoms with E-state index in [2.05, 4.69) is 81.5 Å². The quantitative estimate of drug-likeness (QED) is 0.0197. The number of phosphoric ester groups is 1. The van der Waals surface area contributed by atoms with E-state index in [4.69, 9.17) is 23.3 Å². The molecule has 12 heteroatoms. The minimum Gasteiger partial charge on any atom is -0.462 e. The van der Waals surface area contributed by atoms with Crippen LogP contribution in [0.3, 0.4) is 0 Å². The minimum atomic E-state index is -4.76. The normalized spacial score (nSPS) is 14.0. The lowest BCUT2D eigenvalue weighted by molar-refractivity contribution is -0.161. The summed E-state index contributed by atoms with van der Waals surface area (Å²) < 4.78 is 39.3. The van der Waals surface area contributed by atoms with Crippen molar-refractivity contribution < 1.29 is 52.2 Å². The zero-order valence-corrected chi connectivity index (χ0v) is 43.9. The van der Waals surface area contributed by atoms with Gasteiger partial charge in [-0.25, -0.2) is 4.57 Å². The number of aliphatic hydroxyl groups is 1. The molecule has 0 aromatic heterocycles. The van der Waals surface area contributed by atoms with Crippen LogP contribution < -0.4 is 0 Å². The predicted molar refractivity (Wildman–Crippen MR) is 279 cm³/mol. The first-order valence-corrected chi connectivity index (χ1v) is 28.3. The first kappa shape index (κ1) is 64.9. The molecular weight excluding hydrogens is 880 g/mol. The molecule has 0 fully saturated rings. The number of esters is 3. The second kappa shape index (κ2) is 50.3. The molecule has 11 nitrogen and oxygen atoms in total. The maximum absolute atomic E-state index is 12.8. The molecule has 3 atom stereocenters. The van der Waals surface area contributed by atoms with Crippen LogP contribution in [0.1, 0.15) is 226 Å². The van der Waals surface area contributed by atoms with Gasteiger partial charge in [0.25, 0.3) is 0 Å². The maximum atomic E-state index is 12.8. The number of rotatable bonds is 49. The van der Waals surface area contributed by atoms with Crippen LogP contribution in [0.2, 0.25) is 0 Å². The smallest absolute Gasteiger partial charge is 0.462 e. The second-order valence-electron chi connectivity index (χ2n) is 17.7. The van der Waals surface area contributed by atoms with E-state index in [0.717, 1.165) is 89.9 Å². The topological polar surface area (TPSA) is 155 Å². The second-order valence-corrected chi connectivity index (χ2v) is 19.1. The summed E-state index contributed by atoms with van der Waals surface area (Å²) >= 11 is 0. The molecule has 0 rings (SSSR count). The number of unbranched alkanes of at least 4 members (excludes halogenated alkanes) is 20. The molecule has 3 unspecified atom stereocenters. The van der Waals surface area contributed by atoms with E-state index in [-0.39, 0.29) is 25.9 Å². The number of carbonyl (C=O) groups is 3. The Hall–Kier alpha value is -3.08. The summed E-state index contributed by atoms with van der Waals surface area (Å²) in [6, 6.07) is 0. The molecule has 0 amide bonds. The average molecular weight is 977 g/mol. The molecule has 392 valence electrons. The van der Waals surface area contributed by atoms with Crippen LogP contribution in [0, 0.1) is 0 Å². The maximum Gasteiger partial charge on any atom is 0.472 e. The predicted octanol–water partition coefficient (Wildman–Crippen LogP) is 15.4. The van der Waals surface area contributed by atoms with E-state index in [1.165, 1.54) is 70.6 Å². The largest absolute Gasteiger partial charge is 0.472 e. The highest BCUT2D eigenvalue weighted by Gasteiger charge is 2.28. The first-order chi connectivity index (χ1) is 33.2. The van der Waals surface area contributed by atoms with Gasteiger partial charge in [0.05, 0.1) is 19.8 Å². The molecule has 0 radical (unpaired) electrons. The van der Waals surface area contributed by atoms with E-state index in [0.29, 0.717) is 25.7 Å². The number of hydrogen-bond donors (Lipinski definition) is 2. The number of allylic oxidation sites excluding steroid dienone is 12. The highest BCUT2D eigenvalue weighted by atomic mass is 31.2. The number of ether oxygens (including phenoxy) is 3. The molecular formula is C56H97O11P. The first-order valence-electron chi connectivity index (χ1n) is 26.8. The zero-order valence-electron chi connectivity index (χ0n) is 43.1. The fourth-order valence-corrected chi connectivity index (χ4v) is 7.82. The standard InChI is InChI=1S/C56H97O11P/c1-4-7-10-13-16-19-21-23-25-26-28-30-32-35-38-41-44-47-56(60)67-53(49-63-54(58)45-42-39-36-34-31-29-27-24-22-20-17-14-11-8-5-2)51-65-68(61,62)64-50-52(48-57)66-55(59)46-43-40-37-33-18-15-12-9-6-3/h7,10,16,19,23-25,27-28,30,35,38,52-53,57H,4-6,8-9,11-15,17-18,20-22,26,29,31-34,36-37,39-51H2,1-3H3,(H,61,62)/b10-7-,19-16-,25-23-,27-24-,30-28-,38-35-. The fraction of sp³-hybridized carbons (Fsp3) is 0.732. The van der Waals surface area contributed by atoms with Gasteiger partial charge in [0.2, 0.25) is 0 Å². The third kappa shape index (κ3) is 48.0. The summed E-state index contributed by atoms with van der Waals surface area (Å²) in [6.45, 7) is 4.42. The number of aliphatic hydroxyl groups excluding tert-OH is 1. The van der Waals surface area contributed by atoms with E-state index < -0.39 is 57.8 Å². The average Bonchev–Trinajstić information content (AvgIpc) is 3.32. The summed E-state index contributed by atoms with van der Waals surface area (Å²) in [6.07, 6.45) is 54.6. The molecule has 68 heavy (non-hydrogen) atoms. The van der Waals surface area contributed by atoms with Gasteiger partial charge >= 0.3 is 25.7 Å². The van der Waals surface area contributed by atoms with Gasteiger partial charge in [-0.15, -0.1) is 0 Å². The lowest BCUT2D eigenvalue weighted by Crippen LogP contribution is -2.30. The van der Waals surface area contributed by atoms with Crippen molar-refractivity contribution >= 4 is 25.7 Å². The van der Waals surface area contributed by atoms with Gasteiger partial charge in [0, 0.05) is 19.3 Å². The van der Waals surface area contributed by atoms with Crippen LogP contribution >= 0.6 is 7.82 Å². The van der Waals surface area contributed by atoms with Gasteiger partial charge in [-0.3, -0.25) is 23.4 Å². The van der Waals surface area contributed by atoms with Crippen molar-refractivity contribution in [1.82, 2.24) is 0 Å². The van der Waals surface area contributed by atoms with Crippen LogP contribution in [-0.4, -0.2) is 66.5 Å². The molecule has 0 spiro atoms. The number of phosphoric acid groups is 1. The van der Waals surface area contributed by atoms with Crippen LogP contribution in [-0.2, 0) is 42.2 Å². The van der Waals surface area contributed by atoms with Gasteiger partial charge in [-0.2, -0.15) is 0 Å². The summed E-state index contributed by atoms with van der Waals surface area (Å²) in [5.74, 6) is -1.55. The third-order valence-corrected chi connectivity index (χ3v) is 12.1. The van der Waals surface area contributed by atoms with Crippen LogP contribution in [0.5, 0.6) is 0 Å². The molecule has 0 bridgehead atoms. The minimum absolute atomic E-state index is 0.0869. The Morgan fingerprint density at radius 3 is 1.25 bits per heavy atom. The highest BCUT2D eigenvalue weighted by Crippen LogP contribution is 2.43. The zero-order chi connectivity index (χ0) is 49.9. The van der Waals surface area contributed by atoms with Crippen molar-refractivity contribution in [2.45, 2.75) is 238 Å². The Morgan fingerprint density at radius 2 is 0.779 bits per heavy atom. The molecule has 0 heterocycles. The molecule has 0 aliphatic rings. The van der Waals surface area contributed by atoms with Crippen molar-refractivity contribution in [3.63, 3.8) is 0 Å². The summed E-state index contributed by atoms with van der Waals surface area (Å²) in [7, 11) is -4.76. The molecule has 0 aliphatic carbocycles. The van der Waals surface area contributed by atoms with Crippen molar-refractivity contribution in [2.75, 3.05) is 26.4 Å². The Labute approximate surface area is 414 Å². The Bertz CT molecular complexity index is 1420. The lowest BCUT2D eigenvalue weighted by atomic mass is 10.1. The summed E-state index contributed by atoms with van der Waals surface area (Å²) in [5, 5.41) is 9.75. The summed E-state index contributed by atoms with van der Waals surface area (Å²) in [4.78, 5) is 48.3. The molecule has 0 saturated carbocycles. The number of carbonyl (C=O) groups excluding carboxylic acids is 3. The van der Waals surface area contributed by atoms with Crippen molar-refractivity contribution in [1.29, 1.82) is 0 Å². The van der Waals surface area contributed by atoms with Gasteiger partial charge < -0.3 is 24.2 Å². The number of hydrogen-bond acceptors (Lipinski definition) is 10. The molecule has 0 saturated heterocycles. The van der Waals surface area contributed by atoms with Gasteiger partial charge in [-0.1, -0.05) is 196 Å². The Morgan fingerprint density at radius 1 is 0.426 bits per heavy atom. The van der Waals surface area contributed by atoms with Crippen molar-refractivity contribution in [3.05, 3.63) is 72.9 Å². The summed E-state index contributed by atoms with van der Waals surface area (Å²) in [5.41, 5.74) is 0. The van der Waals surface area contributed by atoms with E-state index in [1.54, 1.807) is 0 Å². The van der Waals surface area contributed by atoms with Gasteiger partial charge in [0.15, 0.2) is 6.10 Å². The van der Waals surface area contributed by atoms with E-state index >= 15 is 0 Å². The lowest BCUT2D eigenvalue weighted by Gasteiger charge is -2.21. The Kier molecular flexibility index (Phi) is 48.0. The van der Waals surface area contributed by atoms with Gasteiger partial charge in [-0.05, 0) is 83.5 Å². The SMILES string of the molecule is CC/C=C\C/C=C\C/C=C\C/C=C\C/C=C\CCCC(=O)OC(COC(=O)CCCCCCC/C=C\CCCCCCCC)COP(=O)(O)OCC(CO)OC(=O)CCCCCCCCCCC. The monoisotopic (exact) mass is 977 g/mol. The third-order valence-electron chi connectivity index (χ3n) is 11.1. The molecule has 0 aliphatic heterocycles. The van der Waals surface area contributed by atoms with E-state index in [9.17, 15) is 28.9 Å². The highest BCUT2D eigenvalue weighted by molar-refractivity contribution is 7.47. The Balaban J connectivity index is 4.85. The van der Waals surface area contributed by atoms with E-state index in [1.807, 2.05) is 12.2 Å². The molecule has 2 N–H and O–H groups in total. The molecule has 0 aromatic rings. The van der Waals surface area contributed by atoms with Gasteiger partial charge in [0.1, 0.15) is 12.7 Å². The molecule has 0 aromatic carbocycles. The van der Waals surface area contributed by atoms with Crippen LogP contribution in [0.15, 0.2) is 72.9 Å². The van der Waals surface area contributed by atoms with Crippen molar-refractivity contribution in [3.8, 4) is 0 Å². The van der Waals surface area contributed by atoms with Crippen LogP contribution in [0.4, 0.5) is 0 Å². The van der Waals surface area contributed by atoms with Crippen molar-refractivity contribution in [2.24, 2.45) is 0 Å². The fourth-order valence-electron chi connectivity index (χ4n) is 7.03. The van der Waals surface area contributed by atoms with Crippen LogP contribution in [0.25, 0.3) is 0 Å².